The molecule has 0 aliphatic carbocycles. The van der Waals surface area contributed by atoms with Gasteiger partial charge in [0.25, 0.3) is 0 Å². The highest BCUT2D eigenvalue weighted by Crippen LogP contribution is 2.35. The van der Waals surface area contributed by atoms with Crippen LogP contribution >= 0.6 is 0 Å². The number of hydrogen-bond acceptors (Lipinski definition) is 4. The van der Waals surface area contributed by atoms with E-state index < -0.39 is 0 Å². The molecule has 6 aromatic rings. The van der Waals surface area contributed by atoms with Crippen LogP contribution in [0.2, 0.25) is 0 Å². The predicted molar refractivity (Wildman–Crippen MR) is 175 cm³/mol. The Hall–Kier alpha value is -5.10. The first-order chi connectivity index (χ1) is 21.3. The summed E-state index contributed by atoms with van der Waals surface area (Å²) in [6.07, 6.45) is 0. The molecular weight excluding hydrogens is 548 g/mol. The molecule has 0 saturated heterocycles. The van der Waals surface area contributed by atoms with Crippen molar-refractivity contribution in [3.8, 4) is 45.5 Å². The summed E-state index contributed by atoms with van der Waals surface area (Å²) in [7, 11) is 6.68. The lowest BCUT2D eigenvalue weighted by molar-refractivity contribution is -0.608. The minimum Gasteiger partial charge on any atom is -0.493 e. The topological polar surface area (TPSA) is 44.7 Å². The monoisotopic (exact) mass is 586 g/mol. The molecule has 4 aromatic carbocycles. The number of benzene rings is 4. The number of hydrogen-bond donors (Lipinski definition) is 0. The first kappa shape index (κ1) is 29.0. The Morgan fingerprint density at radius 3 is 1.05 bits per heavy atom. The van der Waals surface area contributed by atoms with Gasteiger partial charge in [-0.3, -0.25) is 0 Å². The Labute approximate surface area is 258 Å². The van der Waals surface area contributed by atoms with Gasteiger partial charge in [-0.25, -0.2) is 0 Å². The van der Waals surface area contributed by atoms with Crippen LogP contribution in [0.4, 0.5) is 0 Å². The lowest BCUT2D eigenvalue weighted by Crippen LogP contribution is -2.37. The van der Waals surface area contributed by atoms with E-state index in [1.807, 2.05) is 12.1 Å². The number of fused-ring (bicyclic) bond motifs is 2. The molecule has 2 aromatic heterocycles. The third-order valence-electron chi connectivity index (χ3n) is 8.58. The number of pyridine rings is 2. The average Bonchev–Trinajstić information content (AvgIpc) is 3.04. The SMILES string of the molecule is COc1cc2cc(C)[n+](-c3ccc(-c4ccc(-[n+]5c(C)cc6cc(OC)c(OC)cc6c5C)cc4)cc3)c(C)c2cc1OC. The van der Waals surface area contributed by atoms with Crippen LogP contribution in [0, 0.1) is 27.7 Å². The van der Waals surface area contributed by atoms with Crippen LogP contribution in [0.15, 0.2) is 84.9 Å². The van der Waals surface area contributed by atoms with Gasteiger partial charge in [0.15, 0.2) is 45.8 Å². The van der Waals surface area contributed by atoms with Gasteiger partial charge in [-0.1, -0.05) is 0 Å². The maximum Gasteiger partial charge on any atom is 0.211 e. The number of nitrogens with zero attached hydrogens (tertiary/aromatic N) is 2. The first-order valence-corrected chi connectivity index (χ1v) is 14.6. The van der Waals surface area contributed by atoms with Gasteiger partial charge in [0, 0.05) is 64.1 Å². The normalized spacial score (nSPS) is 11.2. The number of methoxy groups -OCH3 is 4. The van der Waals surface area contributed by atoms with Gasteiger partial charge in [0.2, 0.25) is 11.4 Å². The van der Waals surface area contributed by atoms with Gasteiger partial charge in [0.05, 0.1) is 39.2 Å². The van der Waals surface area contributed by atoms with Crippen molar-refractivity contribution in [1.29, 1.82) is 0 Å². The Kier molecular flexibility index (Phi) is 7.60. The zero-order chi connectivity index (χ0) is 31.1. The van der Waals surface area contributed by atoms with Gasteiger partial charge in [0.1, 0.15) is 0 Å². The zero-order valence-corrected chi connectivity index (χ0v) is 26.6. The third-order valence-corrected chi connectivity index (χ3v) is 8.58. The van der Waals surface area contributed by atoms with E-state index in [9.17, 15) is 0 Å². The van der Waals surface area contributed by atoms with Gasteiger partial charge in [-0.15, -0.1) is 0 Å². The molecule has 6 nitrogen and oxygen atoms in total. The first-order valence-electron chi connectivity index (χ1n) is 14.6. The highest BCUT2D eigenvalue weighted by atomic mass is 16.5. The largest absolute Gasteiger partial charge is 0.493 e. The summed E-state index contributed by atoms with van der Waals surface area (Å²) in [5.41, 5.74) is 9.14. The molecule has 0 spiro atoms. The Morgan fingerprint density at radius 2 is 0.727 bits per heavy atom. The van der Waals surface area contributed by atoms with E-state index in [1.165, 1.54) is 0 Å². The molecule has 6 heteroatoms. The third kappa shape index (κ3) is 4.86. The van der Waals surface area contributed by atoms with Gasteiger partial charge in [-0.2, -0.15) is 9.13 Å². The second-order valence-corrected chi connectivity index (χ2v) is 11.1. The predicted octanol–water partition coefficient (Wildman–Crippen LogP) is 7.48. The van der Waals surface area contributed by atoms with E-state index in [2.05, 4.69) is 110 Å². The standard InChI is InChI=1S/C38H38N2O4/c1-23-17-29-19-35(41-5)37(43-7)21-33(29)25(3)39(23)31-13-9-27(10-14-31)28-11-15-32(16-12-28)40-24(2)18-30-20-36(42-6)38(44-8)22-34(30)26(40)4/h9-22H,1-8H3/q+2. The molecule has 0 radical (unpaired) electrons. The molecular formula is C38H38N2O4+2. The van der Waals surface area contributed by atoms with Gasteiger partial charge in [-0.05, 0) is 70.4 Å². The summed E-state index contributed by atoms with van der Waals surface area (Å²) in [5.74, 6) is 2.92. The fourth-order valence-electron chi connectivity index (χ4n) is 6.40. The van der Waals surface area contributed by atoms with Crippen molar-refractivity contribution in [2.75, 3.05) is 28.4 Å². The van der Waals surface area contributed by atoms with Crippen molar-refractivity contribution >= 4 is 21.5 Å². The number of aryl methyl sites for hydroxylation is 4. The van der Waals surface area contributed by atoms with Gasteiger partial charge < -0.3 is 18.9 Å². The van der Waals surface area contributed by atoms with Crippen LogP contribution in [0.3, 0.4) is 0 Å². The Bertz CT molecular complexity index is 1880. The Balaban J connectivity index is 1.33. The molecule has 0 unspecified atom stereocenters. The van der Waals surface area contributed by atoms with Crippen LogP contribution in [0.5, 0.6) is 23.0 Å². The minimum absolute atomic E-state index is 0.726. The molecule has 0 atom stereocenters. The lowest BCUT2D eigenvalue weighted by atomic mass is 10.0. The summed E-state index contributed by atoms with van der Waals surface area (Å²) in [4.78, 5) is 0. The molecule has 0 bridgehead atoms. The summed E-state index contributed by atoms with van der Waals surface area (Å²) >= 11 is 0. The second-order valence-electron chi connectivity index (χ2n) is 11.1. The van der Waals surface area contributed by atoms with E-state index in [4.69, 9.17) is 18.9 Å². The van der Waals surface area contributed by atoms with Crippen LogP contribution in [0.25, 0.3) is 44.0 Å². The summed E-state index contributed by atoms with van der Waals surface area (Å²) in [6.45, 7) is 8.57. The molecule has 0 N–H and O–H groups in total. The fourth-order valence-corrected chi connectivity index (χ4v) is 6.40. The highest BCUT2D eigenvalue weighted by Gasteiger charge is 2.22. The zero-order valence-electron chi connectivity index (χ0n) is 26.6. The molecule has 0 aliphatic heterocycles. The smallest absolute Gasteiger partial charge is 0.211 e. The van der Waals surface area contributed by atoms with Crippen molar-refractivity contribution in [2.24, 2.45) is 0 Å². The van der Waals surface area contributed by atoms with Crippen molar-refractivity contribution in [3.05, 3.63) is 108 Å². The molecule has 2 heterocycles. The Morgan fingerprint density at radius 1 is 0.409 bits per heavy atom. The van der Waals surface area contributed by atoms with Crippen LogP contribution in [0.1, 0.15) is 22.8 Å². The lowest BCUT2D eigenvalue weighted by Gasteiger charge is -2.12. The summed E-state index contributed by atoms with van der Waals surface area (Å²) in [5, 5.41) is 4.50. The van der Waals surface area contributed by atoms with E-state index in [0.29, 0.717) is 0 Å². The van der Waals surface area contributed by atoms with E-state index in [-0.39, 0.29) is 0 Å². The van der Waals surface area contributed by atoms with Crippen molar-refractivity contribution in [3.63, 3.8) is 0 Å². The molecule has 44 heavy (non-hydrogen) atoms. The van der Waals surface area contributed by atoms with E-state index >= 15 is 0 Å². The van der Waals surface area contributed by atoms with Crippen LogP contribution in [-0.2, 0) is 0 Å². The maximum atomic E-state index is 5.58. The molecule has 6 rings (SSSR count). The minimum atomic E-state index is 0.726. The molecule has 0 saturated carbocycles. The molecule has 0 fully saturated rings. The number of ether oxygens (including phenoxy) is 4. The fraction of sp³-hybridized carbons (Fsp3) is 0.211. The van der Waals surface area contributed by atoms with E-state index in [0.717, 1.165) is 89.8 Å². The number of aromatic nitrogens is 2. The molecule has 0 aliphatic rings. The van der Waals surface area contributed by atoms with Crippen LogP contribution < -0.4 is 28.1 Å². The van der Waals surface area contributed by atoms with Crippen molar-refractivity contribution in [1.82, 2.24) is 0 Å². The number of rotatable bonds is 7. The van der Waals surface area contributed by atoms with Crippen LogP contribution in [-0.4, -0.2) is 28.4 Å². The summed E-state index contributed by atoms with van der Waals surface area (Å²) < 4.78 is 26.8. The summed E-state index contributed by atoms with van der Waals surface area (Å²) in [6, 6.07) is 30.1. The molecule has 222 valence electrons. The van der Waals surface area contributed by atoms with Crippen molar-refractivity contribution < 1.29 is 28.1 Å². The van der Waals surface area contributed by atoms with Crippen molar-refractivity contribution in [2.45, 2.75) is 27.7 Å². The highest BCUT2D eigenvalue weighted by molar-refractivity contribution is 5.88. The quantitative estimate of drug-likeness (QED) is 0.182. The average molecular weight is 587 g/mol. The second kappa shape index (κ2) is 11.5. The maximum absolute atomic E-state index is 5.58. The van der Waals surface area contributed by atoms with Gasteiger partial charge >= 0.3 is 0 Å². The van der Waals surface area contributed by atoms with E-state index in [1.54, 1.807) is 28.4 Å². The molecule has 0 amide bonds.